The van der Waals surface area contributed by atoms with Crippen molar-refractivity contribution in [3.8, 4) is 6.07 Å². The second-order valence-corrected chi connectivity index (χ2v) is 8.51. The Kier molecular flexibility index (Phi) is 8.40. The van der Waals surface area contributed by atoms with Crippen LogP contribution < -0.4 is 4.72 Å². The lowest BCUT2D eigenvalue weighted by Gasteiger charge is -2.16. The van der Waals surface area contributed by atoms with Gasteiger partial charge in [0.25, 0.3) is 0 Å². The number of hydrogen-bond donors (Lipinski definition) is 1. The lowest BCUT2D eigenvalue weighted by molar-refractivity contribution is -0.143. The number of sulfonamides is 1. The summed E-state index contributed by atoms with van der Waals surface area (Å²) in [6.07, 6.45) is 1.20. The van der Waals surface area contributed by atoms with Crippen LogP contribution in [0, 0.1) is 11.3 Å². The molecule has 2 rings (SSSR count). The molecular weight excluding hydrogens is 434 g/mol. The molecule has 0 saturated carbocycles. The van der Waals surface area contributed by atoms with E-state index in [0.717, 1.165) is 0 Å². The van der Waals surface area contributed by atoms with E-state index in [9.17, 15) is 22.8 Å². The Hall–Kier alpha value is -2.88. The Morgan fingerprint density at radius 1 is 1.30 bits per heavy atom. The molecule has 10 nitrogen and oxygen atoms in total. The number of hydrogen-bond acceptors (Lipinski definition) is 9. The van der Waals surface area contributed by atoms with E-state index in [1.807, 2.05) is 6.07 Å². The number of carbonyl (C=O) groups excluding carboxylic acids is 3. The number of nitrogens with zero attached hydrogens (tertiary/aromatic N) is 2. The molecule has 0 atom stereocenters. The number of amides is 1. The summed E-state index contributed by atoms with van der Waals surface area (Å²) in [6.45, 7) is 1.11. The second kappa shape index (κ2) is 10.8. The van der Waals surface area contributed by atoms with Gasteiger partial charge in [-0.05, 0) is 31.2 Å². The van der Waals surface area contributed by atoms with Crippen LogP contribution in [0.4, 0.5) is 0 Å². The smallest absolute Gasteiger partial charge is 0.333 e. The zero-order valence-corrected chi connectivity index (χ0v) is 17.6. The van der Waals surface area contributed by atoms with E-state index >= 15 is 0 Å². The van der Waals surface area contributed by atoms with E-state index in [0.29, 0.717) is 10.6 Å². The SMILES string of the molecule is CCOC(=O)C=C1SCC(=O)N1CCOC(=O)CNS(=O)(=O)c1ccc(C#N)cc1. The average molecular weight is 453 g/mol. The number of benzene rings is 1. The van der Waals surface area contributed by atoms with Crippen LogP contribution in [-0.2, 0) is 33.9 Å². The van der Waals surface area contributed by atoms with Gasteiger partial charge in [0.15, 0.2) is 0 Å². The van der Waals surface area contributed by atoms with Crippen molar-refractivity contribution in [3.63, 3.8) is 0 Å². The van der Waals surface area contributed by atoms with Crippen LogP contribution in [0.5, 0.6) is 0 Å². The molecule has 1 aliphatic rings. The Labute approximate surface area is 177 Å². The van der Waals surface area contributed by atoms with Gasteiger partial charge in [-0.2, -0.15) is 9.98 Å². The first-order valence-electron chi connectivity index (χ1n) is 8.74. The third-order valence-corrected chi connectivity index (χ3v) is 6.16. The van der Waals surface area contributed by atoms with Gasteiger partial charge < -0.3 is 14.4 Å². The predicted octanol–water partition coefficient (Wildman–Crippen LogP) is 0.360. The zero-order chi connectivity index (χ0) is 22.1. The van der Waals surface area contributed by atoms with Crippen LogP contribution in [-0.4, -0.2) is 63.2 Å². The van der Waals surface area contributed by atoms with E-state index in [1.54, 1.807) is 6.92 Å². The molecule has 160 valence electrons. The summed E-state index contributed by atoms with van der Waals surface area (Å²) in [5.74, 6) is -1.49. The molecule has 1 aromatic rings. The van der Waals surface area contributed by atoms with Crippen molar-refractivity contribution in [2.75, 3.05) is 32.1 Å². The summed E-state index contributed by atoms with van der Waals surface area (Å²) in [4.78, 5) is 36.5. The van der Waals surface area contributed by atoms with Gasteiger partial charge >= 0.3 is 11.9 Å². The fraction of sp³-hybridized carbons (Fsp3) is 0.333. The molecule has 0 radical (unpaired) electrons. The molecule has 1 amide bonds. The van der Waals surface area contributed by atoms with Crippen LogP contribution >= 0.6 is 11.8 Å². The molecule has 12 heteroatoms. The van der Waals surface area contributed by atoms with E-state index < -0.39 is 28.5 Å². The lowest BCUT2D eigenvalue weighted by atomic mass is 10.2. The second-order valence-electron chi connectivity index (χ2n) is 5.75. The molecule has 30 heavy (non-hydrogen) atoms. The quantitative estimate of drug-likeness (QED) is 0.414. The molecule has 1 aromatic carbocycles. The van der Waals surface area contributed by atoms with E-state index in [4.69, 9.17) is 14.7 Å². The Morgan fingerprint density at radius 3 is 2.63 bits per heavy atom. The largest absolute Gasteiger partial charge is 0.463 e. The van der Waals surface area contributed by atoms with Crippen molar-refractivity contribution in [1.29, 1.82) is 5.26 Å². The summed E-state index contributed by atoms with van der Waals surface area (Å²) in [5, 5.41) is 9.14. The minimum atomic E-state index is -3.95. The molecule has 0 unspecified atom stereocenters. The molecular formula is C18H19N3O7S2. The molecule has 1 aliphatic heterocycles. The van der Waals surface area contributed by atoms with Gasteiger partial charge in [-0.3, -0.25) is 9.59 Å². The van der Waals surface area contributed by atoms with Crippen molar-refractivity contribution in [1.82, 2.24) is 9.62 Å². The van der Waals surface area contributed by atoms with E-state index in [2.05, 4.69) is 4.72 Å². The number of nitrogens with one attached hydrogen (secondary N) is 1. The number of rotatable bonds is 9. The van der Waals surface area contributed by atoms with Gasteiger partial charge in [0, 0.05) is 0 Å². The first kappa shape index (κ1) is 23.4. The van der Waals surface area contributed by atoms with Gasteiger partial charge in [0.2, 0.25) is 15.9 Å². The van der Waals surface area contributed by atoms with Gasteiger partial charge in [0.1, 0.15) is 13.2 Å². The lowest BCUT2D eigenvalue weighted by Crippen LogP contribution is -2.33. The van der Waals surface area contributed by atoms with Crippen molar-refractivity contribution in [2.24, 2.45) is 0 Å². The number of nitriles is 1. The highest BCUT2D eigenvalue weighted by Gasteiger charge is 2.27. The molecule has 1 saturated heterocycles. The van der Waals surface area contributed by atoms with Gasteiger partial charge in [-0.25, -0.2) is 13.2 Å². The maximum Gasteiger partial charge on any atom is 0.333 e. The molecule has 1 N–H and O–H groups in total. The Morgan fingerprint density at radius 2 is 2.00 bits per heavy atom. The number of thioether (sulfide) groups is 1. The van der Waals surface area contributed by atoms with Crippen LogP contribution in [0.2, 0.25) is 0 Å². The van der Waals surface area contributed by atoms with Crippen molar-refractivity contribution in [2.45, 2.75) is 11.8 Å². The number of carbonyl (C=O) groups is 3. The topological polar surface area (TPSA) is 143 Å². The minimum Gasteiger partial charge on any atom is -0.463 e. The van der Waals surface area contributed by atoms with E-state index in [1.165, 1.54) is 47.0 Å². The standard InChI is InChI=1S/C18H19N3O7S2/c1-2-27-17(23)9-16-21(15(22)12-29-16)7-8-28-18(24)11-20-30(25,26)14-5-3-13(10-19)4-6-14/h3-6,9,20H,2,7-8,11-12H2,1H3. The highest BCUT2D eigenvalue weighted by molar-refractivity contribution is 8.04. The fourth-order valence-corrected chi connectivity index (χ4v) is 4.23. The number of esters is 2. The minimum absolute atomic E-state index is 0.0190. The Bertz CT molecular complexity index is 982. The average Bonchev–Trinajstić information content (AvgIpc) is 3.06. The van der Waals surface area contributed by atoms with E-state index in [-0.39, 0.29) is 36.3 Å². The summed E-state index contributed by atoms with van der Waals surface area (Å²) < 4.78 is 36.2. The van der Waals surface area contributed by atoms with Crippen molar-refractivity contribution in [3.05, 3.63) is 40.9 Å². The van der Waals surface area contributed by atoms with Crippen molar-refractivity contribution >= 4 is 39.6 Å². The summed E-state index contributed by atoms with van der Waals surface area (Å²) in [5.41, 5.74) is 0.305. The molecule has 0 bridgehead atoms. The molecule has 0 spiro atoms. The summed E-state index contributed by atoms with van der Waals surface area (Å²) >= 11 is 1.17. The van der Waals surface area contributed by atoms with Crippen LogP contribution in [0.25, 0.3) is 0 Å². The first-order valence-corrected chi connectivity index (χ1v) is 11.2. The van der Waals surface area contributed by atoms with Gasteiger partial charge in [0.05, 0.1) is 46.5 Å². The van der Waals surface area contributed by atoms with Crippen LogP contribution in [0.3, 0.4) is 0 Å². The van der Waals surface area contributed by atoms with Crippen LogP contribution in [0.15, 0.2) is 40.3 Å². The third-order valence-electron chi connectivity index (χ3n) is 3.72. The highest BCUT2D eigenvalue weighted by Crippen LogP contribution is 2.28. The highest BCUT2D eigenvalue weighted by atomic mass is 32.2. The third kappa shape index (κ3) is 6.58. The van der Waals surface area contributed by atoms with Gasteiger partial charge in [-0.1, -0.05) is 11.8 Å². The maximum atomic E-state index is 12.2. The normalized spacial score (nSPS) is 15.1. The fourth-order valence-electron chi connectivity index (χ4n) is 2.30. The molecule has 0 aliphatic carbocycles. The Balaban J connectivity index is 1.83. The monoisotopic (exact) mass is 453 g/mol. The number of ether oxygens (including phenoxy) is 2. The van der Waals surface area contributed by atoms with Crippen LogP contribution in [0.1, 0.15) is 12.5 Å². The predicted molar refractivity (Wildman–Crippen MR) is 106 cm³/mol. The summed E-state index contributed by atoms with van der Waals surface area (Å²) in [7, 11) is -3.95. The van der Waals surface area contributed by atoms with Crippen molar-refractivity contribution < 1.29 is 32.3 Å². The summed E-state index contributed by atoms with van der Waals surface area (Å²) in [6, 6.07) is 7.07. The first-order chi connectivity index (χ1) is 14.3. The molecule has 1 heterocycles. The maximum absolute atomic E-state index is 12.2. The van der Waals surface area contributed by atoms with Gasteiger partial charge in [-0.15, -0.1) is 0 Å². The zero-order valence-electron chi connectivity index (χ0n) is 16.0. The molecule has 1 fully saturated rings. The molecule has 0 aromatic heterocycles.